The lowest BCUT2D eigenvalue weighted by molar-refractivity contribution is -0.274. The summed E-state index contributed by atoms with van der Waals surface area (Å²) >= 11 is 3.15. The van der Waals surface area contributed by atoms with Crippen LogP contribution < -0.4 is 9.47 Å². The molecule has 0 unspecified atom stereocenters. The molecule has 15 heavy (non-hydrogen) atoms. The van der Waals surface area contributed by atoms with E-state index >= 15 is 0 Å². The van der Waals surface area contributed by atoms with Crippen LogP contribution in [0.4, 0.5) is 13.2 Å². The first-order valence-corrected chi connectivity index (χ1v) is 5.07. The zero-order valence-corrected chi connectivity index (χ0v) is 9.35. The van der Waals surface area contributed by atoms with Crippen LogP contribution in [0.25, 0.3) is 0 Å². The largest absolute Gasteiger partial charge is 0.573 e. The van der Waals surface area contributed by atoms with E-state index in [1.807, 2.05) is 0 Å². The van der Waals surface area contributed by atoms with Gasteiger partial charge in [0.1, 0.15) is 11.5 Å². The van der Waals surface area contributed by atoms with Crippen molar-refractivity contribution in [2.45, 2.75) is 11.7 Å². The summed E-state index contributed by atoms with van der Waals surface area (Å²) in [5, 5.41) is 0.394. The summed E-state index contributed by atoms with van der Waals surface area (Å²) in [6.07, 6.45) is -4.67. The lowest BCUT2D eigenvalue weighted by Crippen LogP contribution is -2.17. The van der Waals surface area contributed by atoms with Crippen LogP contribution in [0.1, 0.15) is 5.56 Å². The monoisotopic (exact) mass is 284 g/mol. The molecule has 0 radical (unpaired) electrons. The predicted octanol–water partition coefficient (Wildman–Crippen LogP) is 3.49. The quantitative estimate of drug-likeness (QED) is 0.791. The fourth-order valence-corrected chi connectivity index (χ4v) is 1.49. The highest BCUT2D eigenvalue weighted by Crippen LogP contribution is 2.29. The maximum atomic E-state index is 11.9. The molecule has 1 rings (SSSR count). The minimum atomic E-state index is -4.67. The van der Waals surface area contributed by atoms with Crippen molar-refractivity contribution in [2.75, 3.05) is 7.11 Å². The van der Waals surface area contributed by atoms with Crippen molar-refractivity contribution in [1.29, 1.82) is 0 Å². The lowest BCUT2D eigenvalue weighted by atomic mass is 10.2. The third-order valence-electron chi connectivity index (χ3n) is 1.63. The minimum Gasteiger partial charge on any atom is -0.496 e. The van der Waals surface area contributed by atoms with E-state index in [1.165, 1.54) is 25.3 Å². The van der Waals surface area contributed by atoms with Gasteiger partial charge < -0.3 is 9.47 Å². The molecule has 2 nitrogen and oxygen atoms in total. The first-order valence-electron chi connectivity index (χ1n) is 3.95. The highest BCUT2D eigenvalue weighted by Gasteiger charge is 2.31. The van der Waals surface area contributed by atoms with Gasteiger partial charge in [0.15, 0.2) is 0 Å². The summed E-state index contributed by atoms with van der Waals surface area (Å²) < 4.78 is 44.4. The third kappa shape index (κ3) is 3.62. The average molecular weight is 285 g/mol. The zero-order chi connectivity index (χ0) is 11.5. The molecule has 0 heterocycles. The summed E-state index contributed by atoms with van der Waals surface area (Å²) in [4.78, 5) is 0. The number of methoxy groups -OCH3 is 1. The van der Waals surface area contributed by atoms with E-state index in [4.69, 9.17) is 4.74 Å². The molecule has 0 bridgehead atoms. The van der Waals surface area contributed by atoms with Gasteiger partial charge in [0.2, 0.25) is 0 Å². The van der Waals surface area contributed by atoms with Crippen LogP contribution in [-0.4, -0.2) is 13.5 Å². The third-order valence-corrected chi connectivity index (χ3v) is 2.23. The number of hydrogen-bond donors (Lipinski definition) is 0. The van der Waals surface area contributed by atoms with Gasteiger partial charge in [-0.1, -0.05) is 15.9 Å². The molecule has 0 spiro atoms. The molecule has 0 atom stereocenters. The standard InChI is InChI=1S/C9H8BrF3O2/c1-14-8-3-2-7(4-6(8)5-10)15-9(11,12)13/h2-4H,5H2,1H3. The van der Waals surface area contributed by atoms with E-state index in [1.54, 1.807) is 0 Å². The molecule has 0 aliphatic carbocycles. The molecular formula is C9H8BrF3O2. The summed E-state index contributed by atoms with van der Waals surface area (Å²) in [7, 11) is 1.45. The Labute approximate surface area is 93.1 Å². The maximum Gasteiger partial charge on any atom is 0.573 e. The molecule has 0 aliphatic rings. The molecule has 0 amide bonds. The molecule has 0 aromatic heterocycles. The van der Waals surface area contributed by atoms with Gasteiger partial charge in [-0.3, -0.25) is 0 Å². The Bertz CT molecular complexity index is 339. The Kier molecular flexibility index (Phi) is 3.84. The van der Waals surface area contributed by atoms with E-state index in [-0.39, 0.29) is 5.75 Å². The summed E-state index contributed by atoms with van der Waals surface area (Å²) in [5.74, 6) is 0.263. The van der Waals surface area contributed by atoms with Gasteiger partial charge in [0, 0.05) is 10.9 Å². The SMILES string of the molecule is COc1ccc(OC(F)(F)F)cc1CBr. The lowest BCUT2D eigenvalue weighted by Gasteiger charge is -2.11. The van der Waals surface area contributed by atoms with Crippen molar-refractivity contribution < 1.29 is 22.6 Å². The van der Waals surface area contributed by atoms with E-state index in [0.29, 0.717) is 16.6 Å². The highest BCUT2D eigenvalue weighted by atomic mass is 79.9. The van der Waals surface area contributed by atoms with Gasteiger partial charge in [-0.15, -0.1) is 13.2 Å². The number of halogens is 4. The molecule has 0 saturated carbocycles. The maximum absolute atomic E-state index is 11.9. The summed E-state index contributed by atoms with van der Waals surface area (Å²) in [6, 6.07) is 3.91. The van der Waals surface area contributed by atoms with Crippen molar-refractivity contribution in [3.63, 3.8) is 0 Å². The Balaban J connectivity index is 2.93. The van der Waals surface area contributed by atoms with Crippen LogP contribution in [0.3, 0.4) is 0 Å². The second-order valence-electron chi connectivity index (χ2n) is 2.66. The van der Waals surface area contributed by atoms with Gasteiger partial charge in [-0.2, -0.15) is 0 Å². The Morgan fingerprint density at radius 2 is 2.00 bits per heavy atom. The zero-order valence-electron chi connectivity index (χ0n) is 7.77. The fourth-order valence-electron chi connectivity index (χ4n) is 1.06. The molecule has 84 valence electrons. The van der Waals surface area contributed by atoms with E-state index in [9.17, 15) is 13.2 Å². The van der Waals surface area contributed by atoms with Crippen molar-refractivity contribution in [3.8, 4) is 11.5 Å². The smallest absolute Gasteiger partial charge is 0.496 e. The van der Waals surface area contributed by atoms with Crippen LogP contribution in [0.2, 0.25) is 0 Å². The highest BCUT2D eigenvalue weighted by molar-refractivity contribution is 9.08. The summed E-state index contributed by atoms with van der Waals surface area (Å²) in [5.41, 5.74) is 0.597. The van der Waals surface area contributed by atoms with E-state index in [0.717, 1.165) is 0 Å². The Morgan fingerprint density at radius 1 is 1.33 bits per heavy atom. The normalized spacial score (nSPS) is 11.3. The fraction of sp³-hybridized carbons (Fsp3) is 0.333. The number of alkyl halides is 4. The van der Waals surface area contributed by atoms with Crippen LogP contribution in [0, 0.1) is 0 Å². The van der Waals surface area contributed by atoms with Gasteiger partial charge in [-0.25, -0.2) is 0 Å². The van der Waals surface area contributed by atoms with Crippen molar-refractivity contribution in [2.24, 2.45) is 0 Å². The van der Waals surface area contributed by atoms with Crippen LogP contribution in [0.5, 0.6) is 11.5 Å². The number of hydrogen-bond acceptors (Lipinski definition) is 2. The molecule has 0 fully saturated rings. The van der Waals surface area contributed by atoms with Crippen molar-refractivity contribution in [3.05, 3.63) is 23.8 Å². The first-order chi connectivity index (χ1) is 6.96. The topological polar surface area (TPSA) is 18.5 Å². The molecule has 6 heteroatoms. The van der Waals surface area contributed by atoms with Gasteiger partial charge in [0.05, 0.1) is 7.11 Å². The number of rotatable bonds is 3. The van der Waals surface area contributed by atoms with Crippen molar-refractivity contribution in [1.82, 2.24) is 0 Å². The van der Waals surface area contributed by atoms with Gasteiger partial charge in [-0.05, 0) is 18.2 Å². The first kappa shape index (κ1) is 12.2. The second-order valence-corrected chi connectivity index (χ2v) is 3.22. The van der Waals surface area contributed by atoms with Crippen LogP contribution >= 0.6 is 15.9 Å². The Hall–Kier alpha value is -0.910. The number of ether oxygens (including phenoxy) is 2. The van der Waals surface area contributed by atoms with E-state index in [2.05, 4.69) is 20.7 Å². The molecule has 0 aliphatic heterocycles. The molecule has 1 aromatic rings. The van der Waals surface area contributed by atoms with Crippen molar-refractivity contribution >= 4 is 15.9 Å². The van der Waals surface area contributed by atoms with Gasteiger partial charge in [0.25, 0.3) is 0 Å². The molecule has 0 N–H and O–H groups in total. The number of benzene rings is 1. The molecular weight excluding hydrogens is 277 g/mol. The molecule has 0 saturated heterocycles. The second kappa shape index (κ2) is 4.74. The van der Waals surface area contributed by atoms with E-state index < -0.39 is 6.36 Å². The predicted molar refractivity (Wildman–Crippen MR) is 52.3 cm³/mol. The molecule has 1 aromatic carbocycles. The van der Waals surface area contributed by atoms with Gasteiger partial charge >= 0.3 is 6.36 Å². The van der Waals surface area contributed by atoms with Crippen LogP contribution in [0.15, 0.2) is 18.2 Å². The van der Waals surface area contributed by atoms with Crippen LogP contribution in [-0.2, 0) is 5.33 Å². The minimum absolute atomic E-state index is 0.252. The average Bonchev–Trinajstić information content (AvgIpc) is 2.15. The Morgan fingerprint density at radius 3 is 2.47 bits per heavy atom. The summed E-state index contributed by atoms with van der Waals surface area (Å²) in [6.45, 7) is 0.